The van der Waals surface area contributed by atoms with Crippen molar-refractivity contribution in [1.29, 1.82) is 0 Å². The molecule has 6 aromatic carbocycles. The molecule has 6 aromatic rings. The standard InChI is InChI=1S/C46H45N3O5/c1-49(30-33-10-4-2-5-11-33)31-43-28-44(36-20-18-34(32-50)19-21-36)54-45(53-43)39-15-9-14-38(27-39)37-13-8-12-35(26-37)29-47-46(51)48-40-22-24-42(25-23-40)52-41-16-6-3-7-17-41/h2-27,43-45,50H,28-32H2,1H3,(H2,47,48,51). The lowest BCUT2D eigenvalue weighted by Gasteiger charge is -2.38. The first kappa shape index (κ1) is 36.6. The Balaban J connectivity index is 1.00. The van der Waals surface area contributed by atoms with Gasteiger partial charge in [0, 0.05) is 37.3 Å². The lowest BCUT2D eigenvalue weighted by molar-refractivity contribution is -0.252. The molecule has 7 rings (SSSR count). The molecule has 1 aliphatic rings. The number of likely N-dealkylation sites (N-methyl/N-ethyl adjacent to an activating group) is 1. The molecule has 54 heavy (non-hydrogen) atoms. The summed E-state index contributed by atoms with van der Waals surface area (Å²) in [4.78, 5) is 15.1. The van der Waals surface area contributed by atoms with Crippen molar-refractivity contribution in [2.24, 2.45) is 0 Å². The molecule has 3 atom stereocenters. The molecular weight excluding hydrogens is 675 g/mol. The fourth-order valence-corrected chi connectivity index (χ4v) is 6.65. The van der Waals surface area contributed by atoms with Crippen molar-refractivity contribution >= 4 is 11.7 Å². The molecule has 3 N–H and O–H groups in total. The predicted octanol–water partition coefficient (Wildman–Crippen LogP) is 9.64. The van der Waals surface area contributed by atoms with Crippen LogP contribution in [0.3, 0.4) is 0 Å². The highest BCUT2D eigenvalue weighted by Gasteiger charge is 2.33. The van der Waals surface area contributed by atoms with Crippen LogP contribution in [0.15, 0.2) is 158 Å². The summed E-state index contributed by atoms with van der Waals surface area (Å²) in [5.41, 5.74) is 7.80. The van der Waals surface area contributed by atoms with Gasteiger partial charge in [-0.15, -0.1) is 0 Å². The number of amides is 2. The Morgan fingerprint density at radius 1 is 0.704 bits per heavy atom. The molecule has 274 valence electrons. The number of carbonyl (C=O) groups is 1. The van der Waals surface area contributed by atoms with Crippen LogP contribution >= 0.6 is 0 Å². The van der Waals surface area contributed by atoms with Crippen molar-refractivity contribution in [3.63, 3.8) is 0 Å². The highest BCUT2D eigenvalue weighted by molar-refractivity contribution is 5.89. The van der Waals surface area contributed by atoms with Crippen molar-refractivity contribution in [3.8, 4) is 22.6 Å². The number of nitrogens with one attached hydrogen (secondary N) is 2. The first-order valence-electron chi connectivity index (χ1n) is 18.3. The van der Waals surface area contributed by atoms with Crippen molar-refractivity contribution in [2.75, 3.05) is 18.9 Å². The largest absolute Gasteiger partial charge is 0.457 e. The molecule has 8 nitrogen and oxygen atoms in total. The van der Waals surface area contributed by atoms with Gasteiger partial charge in [-0.05, 0) is 89.0 Å². The normalized spacial score (nSPS) is 16.8. The summed E-state index contributed by atoms with van der Waals surface area (Å²) in [6, 6.07) is 51.4. The molecular formula is C46H45N3O5. The summed E-state index contributed by atoms with van der Waals surface area (Å²) < 4.78 is 19.2. The van der Waals surface area contributed by atoms with Crippen LogP contribution in [0, 0.1) is 0 Å². The van der Waals surface area contributed by atoms with Crippen LogP contribution < -0.4 is 15.4 Å². The Hall–Kier alpha value is -5.77. The lowest BCUT2D eigenvalue weighted by atomic mass is 9.98. The molecule has 2 amide bonds. The maximum atomic E-state index is 12.8. The van der Waals surface area contributed by atoms with Gasteiger partial charge in [0.25, 0.3) is 0 Å². The van der Waals surface area contributed by atoms with Crippen LogP contribution in [-0.4, -0.2) is 35.7 Å². The number of rotatable bonds is 13. The van der Waals surface area contributed by atoms with Gasteiger partial charge in [0.1, 0.15) is 11.5 Å². The van der Waals surface area contributed by atoms with E-state index in [-0.39, 0.29) is 24.8 Å². The SMILES string of the molecule is CN(Cc1ccccc1)CC1CC(c2ccc(CO)cc2)OC(c2cccc(-c3cccc(CNC(=O)Nc4ccc(Oc5ccccc5)cc4)c3)c2)O1. The van der Waals surface area contributed by atoms with E-state index in [9.17, 15) is 9.90 Å². The number of hydrogen-bond donors (Lipinski definition) is 3. The van der Waals surface area contributed by atoms with Crippen molar-refractivity contribution in [1.82, 2.24) is 10.2 Å². The molecule has 0 bridgehead atoms. The minimum absolute atomic E-state index is 0.00216. The number of urea groups is 1. The van der Waals surface area contributed by atoms with Crippen molar-refractivity contribution < 1.29 is 24.1 Å². The van der Waals surface area contributed by atoms with Crippen LogP contribution in [0.1, 0.15) is 46.6 Å². The zero-order chi connectivity index (χ0) is 37.1. The molecule has 0 saturated carbocycles. The maximum Gasteiger partial charge on any atom is 0.319 e. The fourth-order valence-electron chi connectivity index (χ4n) is 6.65. The van der Waals surface area contributed by atoms with E-state index in [1.165, 1.54) is 5.56 Å². The smallest absolute Gasteiger partial charge is 0.319 e. The van der Waals surface area contributed by atoms with E-state index in [4.69, 9.17) is 14.2 Å². The Morgan fingerprint density at radius 2 is 1.37 bits per heavy atom. The third-order valence-electron chi connectivity index (χ3n) is 9.39. The quantitative estimate of drug-likeness (QED) is 0.110. The number of aliphatic hydroxyl groups is 1. The van der Waals surface area contributed by atoms with Crippen LogP contribution in [0.2, 0.25) is 0 Å². The zero-order valence-electron chi connectivity index (χ0n) is 30.3. The molecule has 1 heterocycles. The third kappa shape index (κ3) is 10.0. The van der Waals surface area contributed by atoms with E-state index in [1.807, 2.05) is 109 Å². The van der Waals surface area contributed by atoms with Gasteiger partial charge in [0.05, 0.1) is 18.8 Å². The van der Waals surface area contributed by atoms with E-state index in [0.717, 1.165) is 52.2 Å². The van der Waals surface area contributed by atoms with Gasteiger partial charge in [-0.1, -0.05) is 109 Å². The van der Waals surface area contributed by atoms with Crippen molar-refractivity contribution in [3.05, 3.63) is 186 Å². The number of carbonyl (C=O) groups excluding carboxylic acids is 1. The van der Waals surface area contributed by atoms with Gasteiger partial charge >= 0.3 is 6.03 Å². The number of para-hydroxylation sites is 1. The van der Waals surface area contributed by atoms with Crippen LogP contribution in [0.4, 0.5) is 10.5 Å². The van der Waals surface area contributed by atoms with Gasteiger partial charge in [0.2, 0.25) is 0 Å². The molecule has 1 aliphatic heterocycles. The van der Waals surface area contributed by atoms with E-state index in [2.05, 4.69) is 71.1 Å². The van der Waals surface area contributed by atoms with Crippen molar-refractivity contribution in [2.45, 2.75) is 44.6 Å². The average Bonchev–Trinajstić information content (AvgIpc) is 3.21. The summed E-state index contributed by atoms with van der Waals surface area (Å²) in [7, 11) is 2.12. The van der Waals surface area contributed by atoms with Gasteiger partial charge in [-0.25, -0.2) is 4.79 Å². The summed E-state index contributed by atoms with van der Waals surface area (Å²) in [5, 5.41) is 15.5. The van der Waals surface area contributed by atoms with E-state index in [0.29, 0.717) is 24.4 Å². The number of aliphatic hydroxyl groups excluding tert-OH is 1. The van der Waals surface area contributed by atoms with E-state index < -0.39 is 6.29 Å². The maximum absolute atomic E-state index is 12.8. The summed E-state index contributed by atoms with van der Waals surface area (Å²) in [6.45, 7) is 1.93. The van der Waals surface area contributed by atoms with Crippen LogP contribution in [-0.2, 0) is 29.2 Å². The number of hydrogen-bond acceptors (Lipinski definition) is 6. The van der Waals surface area contributed by atoms with E-state index in [1.54, 1.807) is 0 Å². The number of ether oxygens (including phenoxy) is 3. The Morgan fingerprint density at radius 3 is 2.11 bits per heavy atom. The van der Waals surface area contributed by atoms with Crippen LogP contribution in [0.25, 0.3) is 11.1 Å². The van der Waals surface area contributed by atoms with Gasteiger partial charge in [-0.3, -0.25) is 4.90 Å². The Kier molecular flexibility index (Phi) is 12.1. The fraction of sp³-hybridized carbons (Fsp3) is 0.196. The Labute approximate surface area is 317 Å². The topological polar surface area (TPSA) is 92.3 Å². The molecule has 0 spiro atoms. The van der Waals surface area contributed by atoms with Gasteiger partial charge in [0.15, 0.2) is 6.29 Å². The third-order valence-corrected chi connectivity index (χ3v) is 9.39. The van der Waals surface area contributed by atoms with Gasteiger partial charge in [-0.2, -0.15) is 0 Å². The molecule has 1 fully saturated rings. The molecule has 0 aliphatic carbocycles. The summed E-state index contributed by atoms with van der Waals surface area (Å²) >= 11 is 0. The predicted molar refractivity (Wildman–Crippen MR) is 212 cm³/mol. The summed E-state index contributed by atoms with van der Waals surface area (Å²) in [5.74, 6) is 1.44. The second kappa shape index (κ2) is 17.8. The zero-order valence-corrected chi connectivity index (χ0v) is 30.3. The molecule has 3 unspecified atom stereocenters. The molecule has 0 radical (unpaired) electrons. The number of benzene rings is 6. The summed E-state index contributed by atoms with van der Waals surface area (Å²) in [6.07, 6.45) is -0.0882. The number of nitrogens with zero attached hydrogens (tertiary/aromatic N) is 1. The molecule has 0 aromatic heterocycles. The first-order chi connectivity index (χ1) is 26.5. The minimum atomic E-state index is -0.566. The van der Waals surface area contributed by atoms with Gasteiger partial charge < -0.3 is 30.0 Å². The second-order valence-corrected chi connectivity index (χ2v) is 13.6. The molecule has 1 saturated heterocycles. The lowest BCUT2D eigenvalue weighted by Crippen LogP contribution is -2.37. The average molecular weight is 720 g/mol. The van der Waals surface area contributed by atoms with E-state index >= 15 is 0 Å². The van der Waals surface area contributed by atoms with Crippen LogP contribution in [0.5, 0.6) is 11.5 Å². The second-order valence-electron chi connectivity index (χ2n) is 13.6. The number of anilines is 1. The monoisotopic (exact) mass is 719 g/mol. The highest BCUT2D eigenvalue weighted by atomic mass is 16.7. The minimum Gasteiger partial charge on any atom is -0.457 e. The first-order valence-corrected chi connectivity index (χ1v) is 18.3. The highest BCUT2D eigenvalue weighted by Crippen LogP contribution is 2.39. The Bertz CT molecular complexity index is 2090. The molecule has 8 heteroatoms.